The van der Waals surface area contributed by atoms with Crippen molar-refractivity contribution in [2.24, 2.45) is 0 Å². The highest BCUT2D eigenvalue weighted by Gasteiger charge is 2.38. The summed E-state index contributed by atoms with van der Waals surface area (Å²) in [5.74, 6) is -0.970. The Bertz CT molecular complexity index is 1750. The van der Waals surface area contributed by atoms with E-state index < -0.39 is 18.1 Å². The van der Waals surface area contributed by atoms with Gasteiger partial charge in [0, 0.05) is 46.9 Å². The lowest BCUT2D eigenvalue weighted by Crippen LogP contribution is -2.43. The van der Waals surface area contributed by atoms with Gasteiger partial charge in [-0.3, -0.25) is 28.9 Å². The Labute approximate surface area is 227 Å². The zero-order valence-corrected chi connectivity index (χ0v) is 21.5. The second-order valence-corrected chi connectivity index (χ2v) is 9.79. The van der Waals surface area contributed by atoms with Gasteiger partial charge in [0.15, 0.2) is 5.78 Å². The van der Waals surface area contributed by atoms with Gasteiger partial charge in [-0.25, -0.2) is 14.4 Å². The predicted molar refractivity (Wildman–Crippen MR) is 147 cm³/mol. The number of nitrogens with zero attached hydrogens (tertiary/aromatic N) is 5. The Kier molecular flexibility index (Phi) is 6.52. The molecule has 40 heavy (non-hydrogen) atoms. The van der Waals surface area contributed by atoms with Gasteiger partial charge in [0.1, 0.15) is 12.5 Å². The second-order valence-electron chi connectivity index (χ2n) is 9.79. The first-order valence-electron chi connectivity index (χ1n) is 12.7. The molecule has 0 radical (unpaired) electrons. The molecule has 4 heterocycles. The highest BCUT2D eigenvalue weighted by Crippen LogP contribution is 2.28. The molecule has 0 aliphatic carbocycles. The fourth-order valence-corrected chi connectivity index (χ4v) is 5.11. The largest absolute Gasteiger partial charge is 0.353 e. The number of halogens is 1. The van der Waals surface area contributed by atoms with Crippen molar-refractivity contribution in [3.8, 4) is 0 Å². The molecule has 0 bridgehead atoms. The average molecular weight is 541 g/mol. The first-order chi connectivity index (χ1) is 19.4. The molecule has 2 atom stereocenters. The summed E-state index contributed by atoms with van der Waals surface area (Å²) < 4.78 is 15.9. The molecule has 1 saturated heterocycles. The number of H-pyrrole nitrogens is 1. The molecule has 0 spiro atoms. The van der Waals surface area contributed by atoms with Crippen molar-refractivity contribution in [2.45, 2.75) is 25.6 Å². The first-order valence-corrected chi connectivity index (χ1v) is 12.7. The van der Waals surface area contributed by atoms with Crippen LogP contribution in [0.2, 0.25) is 0 Å². The minimum Gasteiger partial charge on any atom is -0.353 e. The number of ketones is 1. The number of likely N-dealkylation sites (tertiary alicyclic amines) is 1. The number of nitrogens with one attached hydrogen (secondary N) is 3. The van der Waals surface area contributed by atoms with E-state index in [1.165, 1.54) is 24.0 Å². The van der Waals surface area contributed by atoms with Crippen LogP contribution in [0.1, 0.15) is 28.5 Å². The van der Waals surface area contributed by atoms with Crippen molar-refractivity contribution in [2.75, 3.05) is 23.7 Å². The maximum Gasteiger partial charge on any atom is 0.245 e. The van der Waals surface area contributed by atoms with Crippen LogP contribution in [0.3, 0.4) is 0 Å². The summed E-state index contributed by atoms with van der Waals surface area (Å²) in [4.78, 5) is 48.6. The smallest absolute Gasteiger partial charge is 0.245 e. The normalized spacial score (nSPS) is 17.4. The fraction of sp³-hybridized carbons (Fsp3) is 0.214. The number of Topliss-reactive ketones (excluding diaryl/α,β-unsaturated/α-hetero) is 1. The zero-order chi connectivity index (χ0) is 27.8. The SMILES string of the molecule is CC(=O)c1cn(C(=O)CN2C[C@H](F)C[C@H]2C(=O)Nc2ccc3cn[nH]c3c2)c2ccc(Nc3cncnc3)cc12. The van der Waals surface area contributed by atoms with Crippen LogP contribution in [-0.2, 0) is 4.79 Å². The Morgan fingerprint density at radius 2 is 1.85 bits per heavy atom. The van der Waals surface area contributed by atoms with Crippen LogP contribution < -0.4 is 10.6 Å². The van der Waals surface area contributed by atoms with Gasteiger partial charge >= 0.3 is 0 Å². The molecular formula is C28H25FN8O3. The van der Waals surface area contributed by atoms with Gasteiger partial charge in [-0.15, -0.1) is 0 Å². The Balaban J connectivity index is 1.23. The van der Waals surface area contributed by atoms with Gasteiger partial charge in [-0.2, -0.15) is 5.10 Å². The van der Waals surface area contributed by atoms with E-state index in [-0.39, 0.29) is 31.2 Å². The van der Waals surface area contributed by atoms with Gasteiger partial charge in [-0.05, 0) is 43.3 Å². The summed E-state index contributed by atoms with van der Waals surface area (Å²) in [6.07, 6.45) is 6.58. The number of fused-ring (bicyclic) bond motifs is 2. The Morgan fingerprint density at radius 1 is 1.05 bits per heavy atom. The number of aromatic nitrogens is 5. The minimum absolute atomic E-state index is 0.0191. The van der Waals surface area contributed by atoms with Crippen LogP contribution in [0.25, 0.3) is 21.8 Å². The van der Waals surface area contributed by atoms with Gasteiger partial charge in [0.2, 0.25) is 11.8 Å². The maximum absolute atomic E-state index is 14.5. The summed E-state index contributed by atoms with van der Waals surface area (Å²) in [7, 11) is 0. The van der Waals surface area contributed by atoms with Crippen LogP contribution in [0, 0.1) is 0 Å². The molecule has 6 rings (SSSR count). The van der Waals surface area contributed by atoms with E-state index in [0.717, 1.165) is 10.9 Å². The number of carbonyl (C=O) groups excluding carboxylic acids is 3. The molecule has 3 N–H and O–H groups in total. The van der Waals surface area contributed by atoms with E-state index in [1.54, 1.807) is 53.8 Å². The van der Waals surface area contributed by atoms with Crippen molar-refractivity contribution in [3.63, 3.8) is 0 Å². The highest BCUT2D eigenvalue weighted by molar-refractivity contribution is 6.10. The summed E-state index contributed by atoms with van der Waals surface area (Å²) in [6, 6.07) is 9.79. The van der Waals surface area contributed by atoms with Crippen molar-refractivity contribution < 1.29 is 18.8 Å². The summed E-state index contributed by atoms with van der Waals surface area (Å²) >= 11 is 0. The van der Waals surface area contributed by atoms with Crippen molar-refractivity contribution in [3.05, 3.63) is 73.1 Å². The summed E-state index contributed by atoms with van der Waals surface area (Å²) in [5.41, 5.74) is 3.59. The average Bonchev–Trinajstić information content (AvgIpc) is 3.65. The van der Waals surface area contributed by atoms with Gasteiger partial charge in [0.05, 0.1) is 47.9 Å². The Morgan fingerprint density at radius 3 is 2.65 bits per heavy atom. The number of alkyl halides is 1. The number of benzene rings is 2. The van der Waals surface area contributed by atoms with Crippen molar-refractivity contribution >= 4 is 56.5 Å². The molecule has 0 unspecified atom stereocenters. The molecule has 1 aliphatic rings. The van der Waals surface area contributed by atoms with E-state index >= 15 is 0 Å². The van der Waals surface area contributed by atoms with Gasteiger partial charge in [0.25, 0.3) is 0 Å². The third kappa shape index (κ3) is 4.92. The van der Waals surface area contributed by atoms with Gasteiger partial charge in [-0.1, -0.05) is 0 Å². The number of amides is 1. The highest BCUT2D eigenvalue weighted by atomic mass is 19.1. The molecule has 11 nitrogen and oxygen atoms in total. The third-order valence-electron chi connectivity index (χ3n) is 7.00. The Hall–Kier alpha value is -4.97. The molecule has 12 heteroatoms. The number of rotatable bonds is 7. The van der Waals surface area contributed by atoms with Gasteiger partial charge < -0.3 is 10.6 Å². The molecule has 2 aromatic carbocycles. The van der Waals surface area contributed by atoms with Crippen LogP contribution in [0.4, 0.5) is 21.5 Å². The molecule has 0 saturated carbocycles. The molecule has 1 amide bonds. The van der Waals surface area contributed by atoms with Crippen molar-refractivity contribution in [1.82, 2.24) is 29.6 Å². The lowest BCUT2D eigenvalue weighted by Gasteiger charge is -2.22. The number of anilines is 3. The molecular weight excluding hydrogens is 515 g/mol. The first kappa shape index (κ1) is 25.3. The van der Waals surface area contributed by atoms with Crippen LogP contribution in [-0.4, -0.2) is 72.5 Å². The maximum atomic E-state index is 14.5. The van der Waals surface area contributed by atoms with E-state index in [0.29, 0.717) is 33.5 Å². The molecule has 1 fully saturated rings. The monoisotopic (exact) mass is 540 g/mol. The van der Waals surface area contributed by atoms with Crippen LogP contribution >= 0.6 is 0 Å². The minimum atomic E-state index is -1.25. The number of hydrogen-bond acceptors (Lipinski definition) is 8. The van der Waals surface area contributed by atoms with E-state index in [1.807, 2.05) is 6.07 Å². The van der Waals surface area contributed by atoms with Crippen molar-refractivity contribution in [1.29, 1.82) is 0 Å². The number of aromatic amines is 1. The van der Waals surface area contributed by atoms with Crippen LogP contribution in [0.5, 0.6) is 0 Å². The lowest BCUT2D eigenvalue weighted by atomic mass is 10.1. The van der Waals surface area contributed by atoms with E-state index in [9.17, 15) is 18.8 Å². The fourth-order valence-electron chi connectivity index (χ4n) is 5.11. The topological polar surface area (TPSA) is 138 Å². The quantitative estimate of drug-likeness (QED) is 0.264. The third-order valence-corrected chi connectivity index (χ3v) is 7.00. The second kappa shape index (κ2) is 10.3. The van der Waals surface area contributed by atoms with Crippen LogP contribution in [0.15, 0.2) is 67.5 Å². The standard InChI is InChI=1S/C28H25FN8O3/c1-16(38)23-13-37(25-5-4-19(7-22(23)25)33-21-10-30-15-31-11-21)27(39)14-36-12-18(29)6-26(36)28(40)34-20-3-2-17-9-32-35-24(17)8-20/h2-5,7-11,13,15,18,26,33H,6,12,14H2,1H3,(H,32,35)(H,34,40)/t18-,26+/m1/s1. The van der Waals surface area contributed by atoms with E-state index in [2.05, 4.69) is 30.8 Å². The van der Waals surface area contributed by atoms with E-state index in [4.69, 9.17) is 0 Å². The lowest BCUT2D eigenvalue weighted by molar-refractivity contribution is -0.120. The summed E-state index contributed by atoms with van der Waals surface area (Å²) in [6.45, 7) is 1.19. The molecule has 3 aromatic heterocycles. The number of carbonyl (C=O) groups is 3. The zero-order valence-electron chi connectivity index (χ0n) is 21.5. The molecule has 5 aromatic rings. The number of hydrogen-bond donors (Lipinski definition) is 3. The summed E-state index contributed by atoms with van der Waals surface area (Å²) in [5, 5.41) is 14.3. The predicted octanol–water partition coefficient (Wildman–Crippen LogP) is 3.95. The molecule has 202 valence electrons. The molecule has 1 aliphatic heterocycles.